The van der Waals surface area contributed by atoms with E-state index in [0.717, 1.165) is 21.3 Å². The Morgan fingerprint density at radius 1 is 1.45 bits per heavy atom. The van der Waals surface area contributed by atoms with Gasteiger partial charge in [0, 0.05) is 14.1 Å². The Hall–Kier alpha value is -1.53. The van der Waals surface area contributed by atoms with Crippen LogP contribution in [0.15, 0.2) is 12.3 Å². The molecule has 0 aliphatic heterocycles. The molecule has 7 heteroatoms. The quantitative estimate of drug-likeness (QED) is 0.859. The van der Waals surface area contributed by atoms with E-state index in [4.69, 9.17) is 16.3 Å². The van der Waals surface area contributed by atoms with E-state index in [2.05, 4.69) is 15.3 Å². The van der Waals surface area contributed by atoms with Crippen molar-refractivity contribution < 1.29 is 4.74 Å². The van der Waals surface area contributed by atoms with Gasteiger partial charge >= 0.3 is 0 Å². The molecule has 0 bridgehead atoms. The van der Waals surface area contributed by atoms with Crippen molar-refractivity contribution in [3.8, 4) is 5.88 Å². The van der Waals surface area contributed by atoms with E-state index in [1.54, 1.807) is 24.6 Å². The number of thiazole rings is 1. The fourth-order valence-electron chi connectivity index (χ4n) is 1.63. The van der Waals surface area contributed by atoms with Crippen molar-refractivity contribution in [1.29, 1.82) is 0 Å². The number of hydrogen-bond donors (Lipinski definition) is 1. The van der Waals surface area contributed by atoms with Gasteiger partial charge in [-0.25, -0.2) is 4.98 Å². The molecule has 0 unspecified atom stereocenters. The van der Waals surface area contributed by atoms with Crippen molar-refractivity contribution in [2.24, 2.45) is 0 Å². The highest BCUT2D eigenvalue weighted by molar-refractivity contribution is 7.15. The van der Waals surface area contributed by atoms with Gasteiger partial charge in [0.15, 0.2) is 5.13 Å². The molecule has 0 spiro atoms. The molecule has 0 amide bonds. The lowest BCUT2D eigenvalue weighted by atomic mass is 10.3. The van der Waals surface area contributed by atoms with Gasteiger partial charge < -0.3 is 15.0 Å². The number of hydrogen-bond acceptors (Lipinski definition) is 6. The zero-order chi connectivity index (χ0) is 14.7. The fourth-order valence-corrected chi connectivity index (χ4v) is 2.62. The topological polar surface area (TPSA) is 50.3 Å². The Labute approximate surface area is 127 Å². The molecule has 20 heavy (non-hydrogen) atoms. The molecule has 2 aromatic rings. The average molecular weight is 313 g/mol. The summed E-state index contributed by atoms with van der Waals surface area (Å²) >= 11 is 7.51. The number of aromatic nitrogens is 2. The SMILES string of the molecule is COc1nc(N(C)C)sc1CNc1cnc(Cl)c(C)c1. The average Bonchev–Trinajstić information content (AvgIpc) is 2.83. The van der Waals surface area contributed by atoms with E-state index < -0.39 is 0 Å². The monoisotopic (exact) mass is 312 g/mol. The van der Waals surface area contributed by atoms with Crippen LogP contribution in [0.1, 0.15) is 10.4 Å². The number of nitrogens with one attached hydrogen (secondary N) is 1. The van der Waals surface area contributed by atoms with Gasteiger partial charge in [-0.05, 0) is 18.6 Å². The van der Waals surface area contributed by atoms with Gasteiger partial charge in [-0.3, -0.25) is 0 Å². The highest BCUT2D eigenvalue weighted by Gasteiger charge is 2.13. The minimum Gasteiger partial charge on any atom is -0.480 e. The van der Waals surface area contributed by atoms with Gasteiger partial charge in [0.1, 0.15) is 5.15 Å². The van der Waals surface area contributed by atoms with Gasteiger partial charge in [-0.2, -0.15) is 4.98 Å². The van der Waals surface area contributed by atoms with E-state index in [1.165, 1.54) is 0 Å². The van der Waals surface area contributed by atoms with Gasteiger partial charge in [0.05, 0.1) is 30.4 Å². The minimum absolute atomic E-state index is 0.529. The number of anilines is 2. The Bertz CT molecular complexity index is 600. The molecule has 0 aliphatic carbocycles. The van der Waals surface area contributed by atoms with Gasteiger partial charge in [0.2, 0.25) is 5.88 Å². The van der Waals surface area contributed by atoms with E-state index >= 15 is 0 Å². The molecule has 0 fully saturated rings. The normalized spacial score (nSPS) is 10.4. The molecule has 2 rings (SSSR count). The van der Waals surface area contributed by atoms with Crippen molar-refractivity contribution in [2.75, 3.05) is 31.4 Å². The maximum atomic E-state index is 5.91. The molecular formula is C13H17ClN4OS. The smallest absolute Gasteiger partial charge is 0.231 e. The molecule has 1 N–H and O–H groups in total. The largest absolute Gasteiger partial charge is 0.480 e. The molecule has 5 nitrogen and oxygen atoms in total. The van der Waals surface area contributed by atoms with E-state index in [9.17, 15) is 0 Å². The molecular weight excluding hydrogens is 296 g/mol. The van der Waals surface area contributed by atoms with Crippen LogP contribution in [0.2, 0.25) is 5.15 Å². The predicted molar refractivity (Wildman–Crippen MR) is 84.3 cm³/mol. The lowest BCUT2D eigenvalue weighted by molar-refractivity contribution is 0.397. The van der Waals surface area contributed by atoms with Crippen molar-refractivity contribution in [1.82, 2.24) is 9.97 Å². The van der Waals surface area contributed by atoms with Crippen molar-refractivity contribution in [3.05, 3.63) is 27.9 Å². The second kappa shape index (κ2) is 6.28. The molecule has 108 valence electrons. The minimum atomic E-state index is 0.529. The first-order valence-corrected chi connectivity index (χ1v) is 7.27. The number of pyridine rings is 1. The Morgan fingerprint density at radius 2 is 2.20 bits per heavy atom. The standard InChI is InChI=1S/C13H17ClN4OS/c1-8-5-9(6-16-11(8)14)15-7-10-12(19-4)17-13(20-10)18(2)3/h5-6,15H,7H2,1-4H3. The van der Waals surface area contributed by atoms with E-state index in [0.29, 0.717) is 17.6 Å². The van der Waals surface area contributed by atoms with Crippen molar-refractivity contribution >= 4 is 33.8 Å². The highest BCUT2D eigenvalue weighted by atomic mass is 35.5. The van der Waals surface area contributed by atoms with Crippen LogP contribution in [0.3, 0.4) is 0 Å². The van der Waals surface area contributed by atoms with Crippen LogP contribution in [-0.4, -0.2) is 31.2 Å². The number of nitrogens with zero attached hydrogens (tertiary/aromatic N) is 3. The summed E-state index contributed by atoms with van der Waals surface area (Å²) in [4.78, 5) is 11.5. The third-order valence-corrected chi connectivity index (χ3v) is 4.29. The van der Waals surface area contributed by atoms with E-state index in [1.807, 2.05) is 32.0 Å². The molecule has 2 heterocycles. The summed E-state index contributed by atoms with van der Waals surface area (Å²) in [6, 6.07) is 1.97. The summed E-state index contributed by atoms with van der Waals surface area (Å²) in [5.41, 5.74) is 1.87. The molecule has 0 saturated heterocycles. The summed E-state index contributed by atoms with van der Waals surface area (Å²) in [5.74, 6) is 0.657. The summed E-state index contributed by atoms with van der Waals surface area (Å²) in [5, 5.41) is 4.76. The highest BCUT2D eigenvalue weighted by Crippen LogP contribution is 2.31. The van der Waals surface area contributed by atoms with Crippen LogP contribution in [0.4, 0.5) is 10.8 Å². The number of halogens is 1. The molecule has 2 aromatic heterocycles. The van der Waals surface area contributed by atoms with Gasteiger partial charge in [-0.1, -0.05) is 22.9 Å². The molecule has 0 aliphatic rings. The summed E-state index contributed by atoms with van der Waals surface area (Å²) in [6.45, 7) is 2.56. The fraction of sp³-hybridized carbons (Fsp3) is 0.385. The van der Waals surface area contributed by atoms with Crippen LogP contribution in [0.25, 0.3) is 0 Å². The number of methoxy groups -OCH3 is 1. The van der Waals surface area contributed by atoms with Gasteiger partial charge in [0.25, 0.3) is 0 Å². The Balaban J connectivity index is 2.11. The number of aryl methyl sites for hydroxylation is 1. The Morgan fingerprint density at radius 3 is 2.80 bits per heavy atom. The lowest BCUT2D eigenvalue weighted by Gasteiger charge is -2.07. The van der Waals surface area contributed by atoms with Crippen LogP contribution in [0.5, 0.6) is 5.88 Å². The van der Waals surface area contributed by atoms with Crippen LogP contribution >= 0.6 is 22.9 Å². The zero-order valence-electron chi connectivity index (χ0n) is 11.9. The third kappa shape index (κ3) is 3.32. The van der Waals surface area contributed by atoms with Crippen LogP contribution in [0, 0.1) is 6.92 Å². The lowest BCUT2D eigenvalue weighted by Crippen LogP contribution is -2.07. The summed E-state index contributed by atoms with van der Waals surface area (Å²) in [6.07, 6.45) is 1.72. The molecule has 0 aromatic carbocycles. The van der Waals surface area contributed by atoms with Crippen molar-refractivity contribution in [2.45, 2.75) is 13.5 Å². The van der Waals surface area contributed by atoms with Crippen molar-refractivity contribution in [3.63, 3.8) is 0 Å². The maximum Gasteiger partial charge on any atom is 0.231 e. The first-order valence-electron chi connectivity index (χ1n) is 6.08. The predicted octanol–water partition coefficient (Wildman–Crippen LogP) is 3.19. The zero-order valence-corrected chi connectivity index (χ0v) is 13.5. The van der Waals surface area contributed by atoms with Gasteiger partial charge in [-0.15, -0.1) is 0 Å². The second-order valence-electron chi connectivity index (χ2n) is 4.51. The second-order valence-corrected chi connectivity index (χ2v) is 5.93. The summed E-state index contributed by atoms with van der Waals surface area (Å²) in [7, 11) is 5.55. The van der Waals surface area contributed by atoms with E-state index in [-0.39, 0.29) is 0 Å². The molecule has 0 saturated carbocycles. The van der Waals surface area contributed by atoms with Crippen LogP contribution < -0.4 is 15.0 Å². The summed E-state index contributed by atoms with van der Waals surface area (Å²) < 4.78 is 5.30. The number of ether oxygens (including phenoxy) is 1. The Kier molecular flexibility index (Phi) is 4.67. The third-order valence-electron chi connectivity index (χ3n) is 2.69. The molecule has 0 radical (unpaired) electrons. The number of rotatable bonds is 5. The first-order chi connectivity index (χ1) is 9.51. The molecule has 0 atom stereocenters. The maximum absolute atomic E-state index is 5.91. The van der Waals surface area contributed by atoms with Crippen LogP contribution in [-0.2, 0) is 6.54 Å². The first kappa shape index (κ1) is 14.9.